The Balaban J connectivity index is 2.75. The van der Waals surface area contributed by atoms with E-state index in [2.05, 4.69) is 53.7 Å². The Hall–Kier alpha value is -1.11. The Morgan fingerprint density at radius 3 is 2.00 bits per heavy atom. The first-order valence-electron chi connectivity index (χ1n) is 7.30. The topological polar surface area (TPSA) is 17.1 Å². The van der Waals surface area contributed by atoms with Gasteiger partial charge >= 0.3 is 0 Å². The summed E-state index contributed by atoms with van der Waals surface area (Å²) < 4.78 is 0. The van der Waals surface area contributed by atoms with Crippen LogP contribution in [0.1, 0.15) is 75.0 Å². The largest absolute Gasteiger partial charge is 0.295 e. The van der Waals surface area contributed by atoms with Crippen LogP contribution in [0, 0.1) is 12.8 Å². The van der Waals surface area contributed by atoms with Crippen molar-refractivity contribution in [3.05, 3.63) is 34.4 Å². The molecular formula is C18H26O. The molecule has 0 fully saturated rings. The Bertz CT molecular complexity index is 535. The maximum Gasteiger partial charge on any atom is 0.160 e. The number of fused-ring (bicyclic) bond motifs is 1. The van der Waals surface area contributed by atoms with Crippen molar-refractivity contribution in [2.24, 2.45) is 5.92 Å². The van der Waals surface area contributed by atoms with E-state index in [0.717, 1.165) is 11.1 Å². The van der Waals surface area contributed by atoms with E-state index in [0.29, 0.717) is 5.92 Å². The first-order chi connectivity index (χ1) is 8.64. The van der Waals surface area contributed by atoms with E-state index < -0.39 is 0 Å². The molecule has 0 unspecified atom stereocenters. The predicted octanol–water partition coefficient (Wildman–Crippen LogP) is 4.79. The fourth-order valence-electron chi connectivity index (χ4n) is 4.45. The lowest BCUT2D eigenvalue weighted by atomic mass is 9.69. The third-order valence-electron chi connectivity index (χ3n) is 5.28. The summed E-state index contributed by atoms with van der Waals surface area (Å²) in [5.41, 5.74) is 5.15. The summed E-state index contributed by atoms with van der Waals surface area (Å²) in [4.78, 5) is 11.8. The van der Waals surface area contributed by atoms with Crippen LogP contribution in [0.3, 0.4) is 0 Å². The van der Waals surface area contributed by atoms with Gasteiger partial charge in [-0.3, -0.25) is 4.79 Å². The van der Waals surface area contributed by atoms with Crippen molar-refractivity contribution in [3.8, 4) is 0 Å². The van der Waals surface area contributed by atoms with Gasteiger partial charge in [0.2, 0.25) is 0 Å². The molecule has 1 atom stereocenters. The molecule has 1 heteroatoms. The average molecular weight is 258 g/mol. The van der Waals surface area contributed by atoms with Crippen LogP contribution in [0.5, 0.6) is 0 Å². The molecule has 19 heavy (non-hydrogen) atoms. The third kappa shape index (κ3) is 1.86. The van der Waals surface area contributed by atoms with Gasteiger partial charge in [0, 0.05) is 5.56 Å². The molecule has 1 aliphatic carbocycles. The number of rotatable bonds is 2. The van der Waals surface area contributed by atoms with E-state index >= 15 is 0 Å². The van der Waals surface area contributed by atoms with E-state index in [1.165, 1.54) is 17.5 Å². The van der Waals surface area contributed by atoms with Gasteiger partial charge in [0.05, 0.1) is 0 Å². The highest BCUT2D eigenvalue weighted by Crippen LogP contribution is 2.55. The molecule has 0 saturated carbocycles. The Morgan fingerprint density at radius 1 is 1.11 bits per heavy atom. The molecule has 104 valence electrons. The van der Waals surface area contributed by atoms with Gasteiger partial charge in [-0.15, -0.1) is 0 Å². The summed E-state index contributed by atoms with van der Waals surface area (Å²) in [5, 5.41) is 0. The third-order valence-corrected chi connectivity index (χ3v) is 5.28. The zero-order valence-corrected chi connectivity index (χ0v) is 13.3. The fourth-order valence-corrected chi connectivity index (χ4v) is 4.45. The maximum absolute atomic E-state index is 11.8. The molecule has 0 heterocycles. The van der Waals surface area contributed by atoms with Gasteiger partial charge in [0.25, 0.3) is 0 Å². The number of aryl methyl sites for hydroxylation is 1. The first kappa shape index (κ1) is 14.3. The second-order valence-electron chi connectivity index (χ2n) is 7.17. The van der Waals surface area contributed by atoms with Crippen molar-refractivity contribution in [3.63, 3.8) is 0 Å². The summed E-state index contributed by atoms with van der Waals surface area (Å²) in [6, 6.07) is 4.41. The van der Waals surface area contributed by atoms with Crippen LogP contribution in [0.15, 0.2) is 12.1 Å². The Kier molecular flexibility index (Phi) is 3.16. The molecule has 1 aromatic carbocycles. The van der Waals surface area contributed by atoms with Crippen LogP contribution in [-0.4, -0.2) is 5.78 Å². The van der Waals surface area contributed by atoms with Crippen LogP contribution >= 0.6 is 0 Å². The minimum atomic E-state index is 0.144. The number of ketones is 1. The standard InChI is InChI=1S/C18H26O/c1-8-16-17(4,5)14-9-11(2)13(12(3)19)10-15(14)18(16,6)7/h9-10,16H,8H2,1-7H3/t16-/m1/s1. The molecule has 0 bridgehead atoms. The molecule has 0 saturated heterocycles. The Morgan fingerprint density at radius 2 is 1.58 bits per heavy atom. The van der Waals surface area contributed by atoms with Gasteiger partial charge in [0.15, 0.2) is 5.78 Å². The highest BCUT2D eigenvalue weighted by Gasteiger charge is 2.50. The summed E-state index contributed by atoms with van der Waals surface area (Å²) in [5.74, 6) is 0.797. The fraction of sp³-hybridized carbons (Fsp3) is 0.611. The lowest BCUT2D eigenvalue weighted by Crippen LogP contribution is -2.33. The van der Waals surface area contributed by atoms with E-state index in [9.17, 15) is 4.79 Å². The molecule has 0 aromatic heterocycles. The number of Topliss-reactive ketones (excluding diaryl/α,β-unsaturated/α-hetero) is 1. The number of hydrogen-bond acceptors (Lipinski definition) is 1. The first-order valence-corrected chi connectivity index (χ1v) is 7.30. The Labute approximate surface area is 117 Å². The van der Waals surface area contributed by atoms with Gasteiger partial charge in [-0.2, -0.15) is 0 Å². The summed E-state index contributed by atoms with van der Waals surface area (Å²) in [6.45, 7) is 15.3. The van der Waals surface area contributed by atoms with Gasteiger partial charge in [0.1, 0.15) is 0 Å². The number of benzene rings is 1. The molecule has 1 nitrogen and oxygen atoms in total. The zero-order chi connectivity index (χ0) is 14.6. The molecule has 2 rings (SSSR count). The summed E-state index contributed by atoms with van der Waals surface area (Å²) in [7, 11) is 0. The molecule has 0 radical (unpaired) electrons. The van der Waals surface area contributed by atoms with Crippen molar-refractivity contribution < 1.29 is 4.79 Å². The van der Waals surface area contributed by atoms with Crippen LogP contribution in [-0.2, 0) is 10.8 Å². The van der Waals surface area contributed by atoms with Crippen LogP contribution in [0.2, 0.25) is 0 Å². The lowest BCUT2D eigenvalue weighted by Gasteiger charge is -2.35. The van der Waals surface area contributed by atoms with Crippen LogP contribution < -0.4 is 0 Å². The van der Waals surface area contributed by atoms with E-state index in [4.69, 9.17) is 0 Å². The number of carbonyl (C=O) groups is 1. The molecule has 0 spiro atoms. The summed E-state index contributed by atoms with van der Waals surface area (Å²) >= 11 is 0. The highest BCUT2D eigenvalue weighted by molar-refractivity contribution is 5.96. The molecule has 0 amide bonds. The monoisotopic (exact) mass is 258 g/mol. The lowest BCUT2D eigenvalue weighted by molar-refractivity contribution is 0.101. The van der Waals surface area contributed by atoms with Crippen molar-refractivity contribution in [2.75, 3.05) is 0 Å². The van der Waals surface area contributed by atoms with E-state index in [1.807, 2.05) is 0 Å². The highest BCUT2D eigenvalue weighted by atomic mass is 16.1. The normalized spacial score (nSPS) is 23.2. The maximum atomic E-state index is 11.8. The van der Waals surface area contributed by atoms with Gasteiger partial charge in [-0.05, 0) is 53.4 Å². The van der Waals surface area contributed by atoms with Crippen molar-refractivity contribution in [1.29, 1.82) is 0 Å². The number of hydrogen-bond donors (Lipinski definition) is 0. The van der Waals surface area contributed by atoms with Gasteiger partial charge < -0.3 is 0 Å². The van der Waals surface area contributed by atoms with E-state index in [1.54, 1.807) is 6.92 Å². The van der Waals surface area contributed by atoms with Gasteiger partial charge in [-0.25, -0.2) is 0 Å². The van der Waals surface area contributed by atoms with Crippen molar-refractivity contribution >= 4 is 5.78 Å². The second kappa shape index (κ2) is 4.19. The minimum absolute atomic E-state index is 0.144. The van der Waals surface area contributed by atoms with E-state index in [-0.39, 0.29) is 16.6 Å². The quantitative estimate of drug-likeness (QED) is 0.697. The zero-order valence-electron chi connectivity index (χ0n) is 13.3. The van der Waals surface area contributed by atoms with Crippen molar-refractivity contribution in [2.45, 2.75) is 65.7 Å². The molecular weight excluding hydrogens is 232 g/mol. The SMILES string of the molecule is CC[C@@H]1C(C)(C)c2cc(C)c(C(C)=O)cc2C1(C)C. The second-order valence-corrected chi connectivity index (χ2v) is 7.17. The minimum Gasteiger partial charge on any atom is -0.295 e. The van der Waals surface area contributed by atoms with Crippen molar-refractivity contribution in [1.82, 2.24) is 0 Å². The van der Waals surface area contributed by atoms with Crippen LogP contribution in [0.4, 0.5) is 0 Å². The summed E-state index contributed by atoms with van der Waals surface area (Å²) in [6.07, 6.45) is 1.17. The molecule has 1 aliphatic rings. The van der Waals surface area contributed by atoms with Crippen LogP contribution in [0.25, 0.3) is 0 Å². The molecule has 0 N–H and O–H groups in total. The average Bonchev–Trinajstić information content (AvgIpc) is 2.41. The molecule has 1 aromatic rings. The smallest absolute Gasteiger partial charge is 0.160 e. The number of carbonyl (C=O) groups excluding carboxylic acids is 1. The molecule has 0 aliphatic heterocycles. The van der Waals surface area contributed by atoms with Gasteiger partial charge in [-0.1, -0.05) is 47.1 Å². The predicted molar refractivity (Wildman–Crippen MR) is 81.0 cm³/mol.